The highest BCUT2D eigenvalue weighted by molar-refractivity contribution is 6.05. The Balaban J connectivity index is 1.54. The summed E-state index contributed by atoms with van der Waals surface area (Å²) in [6.45, 7) is 1.72. The fraction of sp³-hybridized carbons (Fsp3) is 0.217. The molecule has 0 saturated carbocycles. The third kappa shape index (κ3) is 2.97. The van der Waals surface area contributed by atoms with Gasteiger partial charge in [-0.05, 0) is 49.9 Å². The van der Waals surface area contributed by atoms with Crippen LogP contribution >= 0.6 is 0 Å². The van der Waals surface area contributed by atoms with Crippen molar-refractivity contribution in [2.24, 2.45) is 0 Å². The minimum atomic E-state index is -0.691. The van der Waals surface area contributed by atoms with Crippen LogP contribution < -0.4 is 5.56 Å². The predicted molar refractivity (Wildman–Crippen MR) is 110 cm³/mol. The minimum absolute atomic E-state index is 0.247. The first-order chi connectivity index (χ1) is 14.1. The van der Waals surface area contributed by atoms with Crippen LogP contribution in [0.25, 0.3) is 21.8 Å². The number of hydrogen-bond acceptors (Lipinski definition) is 5. The number of rotatable bonds is 3. The van der Waals surface area contributed by atoms with Crippen molar-refractivity contribution in [3.8, 4) is 0 Å². The summed E-state index contributed by atoms with van der Waals surface area (Å²) in [6.07, 6.45) is 1.98. The van der Waals surface area contributed by atoms with Crippen LogP contribution in [0.3, 0.4) is 0 Å². The lowest BCUT2D eigenvalue weighted by Crippen LogP contribution is -2.18. The van der Waals surface area contributed by atoms with Crippen LogP contribution in [-0.4, -0.2) is 20.9 Å². The number of esters is 1. The molecule has 2 heterocycles. The average Bonchev–Trinajstić information content (AvgIpc) is 3.19. The number of benzene rings is 2. The van der Waals surface area contributed by atoms with Gasteiger partial charge in [0.1, 0.15) is 0 Å². The zero-order valence-electron chi connectivity index (χ0n) is 15.9. The van der Waals surface area contributed by atoms with Crippen LogP contribution in [0.1, 0.15) is 46.9 Å². The molecule has 0 amide bonds. The highest BCUT2D eigenvalue weighted by atomic mass is 16.5. The van der Waals surface area contributed by atoms with Gasteiger partial charge in [-0.15, -0.1) is 0 Å². The second-order valence-electron chi connectivity index (χ2n) is 7.30. The van der Waals surface area contributed by atoms with Crippen molar-refractivity contribution in [1.82, 2.24) is 15.0 Å². The number of fused-ring (bicyclic) bond motifs is 3. The molecular weight excluding hydrogens is 366 g/mol. The summed E-state index contributed by atoms with van der Waals surface area (Å²) in [5.41, 5.74) is 3.65. The number of aryl methyl sites for hydroxylation is 1. The lowest BCUT2D eigenvalue weighted by molar-refractivity contribution is 0.0321. The van der Waals surface area contributed by atoms with Crippen molar-refractivity contribution >= 4 is 27.8 Å². The number of aromatic nitrogens is 3. The number of hydrogen-bond donors (Lipinski definition) is 1. The van der Waals surface area contributed by atoms with E-state index in [1.54, 1.807) is 25.1 Å². The molecule has 5 rings (SSSR count). The molecular formula is C23H19N3O3. The van der Waals surface area contributed by atoms with Gasteiger partial charge in [-0.3, -0.25) is 9.78 Å². The van der Waals surface area contributed by atoms with Crippen molar-refractivity contribution in [2.75, 3.05) is 0 Å². The zero-order chi connectivity index (χ0) is 20.0. The number of H-pyrrole nitrogens is 1. The molecule has 0 aliphatic heterocycles. The molecule has 1 N–H and O–H groups in total. The quantitative estimate of drug-likeness (QED) is 0.541. The first-order valence-corrected chi connectivity index (χ1v) is 9.72. The van der Waals surface area contributed by atoms with Gasteiger partial charge in [-0.25, -0.2) is 9.78 Å². The summed E-state index contributed by atoms with van der Waals surface area (Å²) in [7, 11) is 0. The Morgan fingerprint density at radius 2 is 1.69 bits per heavy atom. The van der Waals surface area contributed by atoms with Crippen LogP contribution in [0, 0.1) is 0 Å². The van der Waals surface area contributed by atoms with Gasteiger partial charge >= 0.3 is 5.97 Å². The second kappa shape index (κ2) is 6.81. The smallest absolute Gasteiger partial charge is 0.339 e. The molecule has 1 aliphatic carbocycles. The highest BCUT2D eigenvalue weighted by Crippen LogP contribution is 2.31. The molecule has 1 atom stereocenters. The van der Waals surface area contributed by atoms with Gasteiger partial charge in [0.15, 0.2) is 11.9 Å². The summed E-state index contributed by atoms with van der Waals surface area (Å²) in [6, 6.07) is 14.7. The normalized spacial score (nSPS) is 14.1. The van der Waals surface area contributed by atoms with Gasteiger partial charge in [-0.1, -0.05) is 30.3 Å². The maximum absolute atomic E-state index is 13.2. The van der Waals surface area contributed by atoms with Crippen molar-refractivity contribution in [1.29, 1.82) is 0 Å². The number of carbonyl (C=O) groups is 1. The Bertz CT molecular complexity index is 1330. The monoisotopic (exact) mass is 385 g/mol. The van der Waals surface area contributed by atoms with Gasteiger partial charge in [0.25, 0.3) is 5.56 Å². The standard InChI is InChI=1S/C23H19N3O3/c1-13(21-25-19-11-5-3-8-16(19)22(27)26-21)29-23(28)20-14-7-2-4-10-17(14)24-18-12-6-9-15(18)20/h2-5,7-8,10-11,13H,6,9,12H2,1H3,(H,25,26,27)/t13-/m1/s1. The van der Waals surface area contributed by atoms with Crippen molar-refractivity contribution < 1.29 is 9.53 Å². The van der Waals surface area contributed by atoms with Crippen molar-refractivity contribution in [3.05, 3.63) is 81.5 Å². The van der Waals surface area contributed by atoms with E-state index in [9.17, 15) is 9.59 Å². The number of nitrogens with one attached hydrogen (secondary N) is 1. The molecule has 0 radical (unpaired) electrons. The van der Waals surface area contributed by atoms with E-state index in [0.717, 1.165) is 41.4 Å². The number of aromatic amines is 1. The zero-order valence-corrected chi connectivity index (χ0v) is 15.9. The molecule has 0 bridgehead atoms. The Labute approximate surface area is 166 Å². The Hall–Kier alpha value is -3.54. The SMILES string of the molecule is C[C@@H](OC(=O)c1c2c(nc3ccccc13)CCC2)c1nc2ccccc2c(=O)[nH]1. The second-order valence-corrected chi connectivity index (χ2v) is 7.30. The van der Waals surface area contributed by atoms with E-state index < -0.39 is 12.1 Å². The van der Waals surface area contributed by atoms with E-state index >= 15 is 0 Å². The number of nitrogens with zero attached hydrogens (tertiary/aromatic N) is 2. The molecule has 0 saturated heterocycles. The number of pyridine rings is 1. The Morgan fingerprint density at radius 3 is 2.48 bits per heavy atom. The van der Waals surface area contributed by atoms with Gasteiger partial charge in [0.05, 0.1) is 22.0 Å². The van der Waals surface area contributed by atoms with E-state index in [-0.39, 0.29) is 5.56 Å². The fourth-order valence-electron chi connectivity index (χ4n) is 4.02. The summed E-state index contributed by atoms with van der Waals surface area (Å²) in [5.74, 6) is -0.0814. The third-order valence-electron chi connectivity index (χ3n) is 5.42. The van der Waals surface area contributed by atoms with Gasteiger partial charge < -0.3 is 9.72 Å². The largest absolute Gasteiger partial charge is 0.451 e. The van der Waals surface area contributed by atoms with Crippen LogP contribution in [0.5, 0.6) is 0 Å². The van der Waals surface area contributed by atoms with Gasteiger partial charge in [-0.2, -0.15) is 0 Å². The summed E-state index contributed by atoms with van der Waals surface area (Å²) >= 11 is 0. The summed E-state index contributed by atoms with van der Waals surface area (Å²) in [4.78, 5) is 37.5. The molecule has 2 aromatic heterocycles. The average molecular weight is 385 g/mol. The molecule has 1 aliphatic rings. The van der Waals surface area contributed by atoms with Crippen LogP contribution in [-0.2, 0) is 17.6 Å². The van der Waals surface area contributed by atoms with Crippen molar-refractivity contribution in [2.45, 2.75) is 32.3 Å². The lowest BCUT2D eigenvalue weighted by Gasteiger charge is -2.16. The predicted octanol–water partition coefficient (Wildman–Crippen LogP) is 3.88. The van der Waals surface area contributed by atoms with Crippen LogP contribution in [0.2, 0.25) is 0 Å². The highest BCUT2D eigenvalue weighted by Gasteiger charge is 2.26. The first-order valence-electron chi connectivity index (χ1n) is 9.72. The summed E-state index contributed by atoms with van der Waals surface area (Å²) in [5, 5.41) is 1.30. The van der Waals surface area contributed by atoms with E-state index in [4.69, 9.17) is 9.72 Å². The molecule has 144 valence electrons. The third-order valence-corrected chi connectivity index (χ3v) is 5.42. The van der Waals surface area contributed by atoms with Crippen molar-refractivity contribution in [3.63, 3.8) is 0 Å². The number of para-hydroxylation sites is 2. The Morgan fingerprint density at radius 1 is 1.00 bits per heavy atom. The van der Waals surface area contributed by atoms with E-state index in [1.165, 1.54) is 0 Å². The molecule has 6 heteroatoms. The minimum Gasteiger partial charge on any atom is -0.451 e. The van der Waals surface area contributed by atoms with E-state index in [2.05, 4.69) is 9.97 Å². The number of carbonyl (C=O) groups excluding carboxylic acids is 1. The Kier molecular flexibility index (Phi) is 4.12. The first kappa shape index (κ1) is 17.6. The fourth-order valence-corrected chi connectivity index (χ4v) is 4.02. The van der Waals surface area contributed by atoms with Crippen LogP contribution in [0.4, 0.5) is 0 Å². The molecule has 6 nitrogen and oxygen atoms in total. The topological polar surface area (TPSA) is 84.9 Å². The van der Waals surface area contributed by atoms with Gasteiger partial charge in [0, 0.05) is 11.1 Å². The molecule has 4 aromatic rings. The molecule has 0 unspecified atom stereocenters. The maximum Gasteiger partial charge on any atom is 0.339 e. The molecule has 0 spiro atoms. The molecule has 29 heavy (non-hydrogen) atoms. The van der Waals surface area contributed by atoms with Crippen LogP contribution in [0.15, 0.2) is 53.3 Å². The molecule has 0 fully saturated rings. The summed E-state index contributed by atoms with van der Waals surface area (Å²) < 4.78 is 5.76. The molecule has 2 aromatic carbocycles. The van der Waals surface area contributed by atoms with E-state index in [0.29, 0.717) is 22.3 Å². The maximum atomic E-state index is 13.2. The number of ether oxygens (including phenoxy) is 1. The lowest BCUT2D eigenvalue weighted by atomic mass is 10.0. The van der Waals surface area contributed by atoms with Gasteiger partial charge in [0.2, 0.25) is 0 Å². The van der Waals surface area contributed by atoms with E-state index in [1.807, 2.05) is 30.3 Å².